The minimum Gasteiger partial charge on any atom is -0.493 e. The van der Waals surface area contributed by atoms with Crippen LogP contribution in [0.3, 0.4) is 0 Å². The Bertz CT molecular complexity index is 914. The second-order valence-corrected chi connectivity index (χ2v) is 6.92. The van der Waals surface area contributed by atoms with Gasteiger partial charge in [-0.1, -0.05) is 12.1 Å². The van der Waals surface area contributed by atoms with E-state index >= 15 is 0 Å². The molecule has 176 valence electrons. The van der Waals surface area contributed by atoms with Crippen LogP contribution in [0.5, 0.6) is 23.0 Å². The van der Waals surface area contributed by atoms with Gasteiger partial charge in [0.15, 0.2) is 23.0 Å². The lowest BCUT2D eigenvalue weighted by atomic mass is 10.2. The van der Waals surface area contributed by atoms with Crippen molar-refractivity contribution in [3.8, 4) is 23.0 Å². The Labute approximate surface area is 192 Å². The van der Waals surface area contributed by atoms with Crippen molar-refractivity contribution in [2.24, 2.45) is 0 Å². The number of unbranched alkanes of at least 4 members (excludes halogenated alkanes) is 2. The Kier molecular flexibility index (Phi) is 10.3. The van der Waals surface area contributed by atoms with Gasteiger partial charge in [0.25, 0.3) is 0 Å². The summed E-state index contributed by atoms with van der Waals surface area (Å²) < 4.78 is 22.2. The van der Waals surface area contributed by atoms with Crippen molar-refractivity contribution in [1.82, 2.24) is 0 Å². The van der Waals surface area contributed by atoms with Gasteiger partial charge in [0.1, 0.15) is 0 Å². The van der Waals surface area contributed by atoms with Crippen LogP contribution in [0.2, 0.25) is 0 Å². The summed E-state index contributed by atoms with van der Waals surface area (Å²) in [6.45, 7) is 1.02. The molecule has 2 N–H and O–H groups in total. The molecule has 0 heterocycles. The summed E-state index contributed by atoms with van der Waals surface area (Å²) in [6.07, 6.45) is 7.65. The number of hydrogen-bond donors (Lipinski definition) is 2. The second kappa shape index (κ2) is 13.5. The summed E-state index contributed by atoms with van der Waals surface area (Å²) in [6, 6.07) is 10.5. The quantitative estimate of drug-likeness (QED) is 0.315. The van der Waals surface area contributed by atoms with Crippen molar-refractivity contribution in [2.75, 3.05) is 27.4 Å². The number of ether oxygens (including phenoxy) is 4. The normalized spacial score (nSPS) is 11.0. The summed E-state index contributed by atoms with van der Waals surface area (Å²) >= 11 is 0. The van der Waals surface area contributed by atoms with Crippen LogP contribution in [0.25, 0.3) is 12.2 Å². The van der Waals surface area contributed by atoms with E-state index in [0.717, 1.165) is 31.4 Å². The first kappa shape index (κ1) is 25.3. The predicted molar refractivity (Wildman–Crippen MR) is 124 cm³/mol. The topological polar surface area (TPSA) is 112 Å². The molecule has 0 aliphatic carbocycles. The molecule has 0 aromatic heterocycles. The molecule has 0 saturated carbocycles. The number of hydrogen-bond acceptors (Lipinski definition) is 6. The molecule has 0 radical (unpaired) electrons. The molecule has 2 rings (SSSR count). The lowest BCUT2D eigenvalue weighted by Gasteiger charge is -2.12. The highest BCUT2D eigenvalue weighted by Crippen LogP contribution is 2.30. The van der Waals surface area contributed by atoms with E-state index in [1.54, 1.807) is 36.4 Å². The molecular formula is C25H28O8. The van der Waals surface area contributed by atoms with Crippen LogP contribution >= 0.6 is 0 Å². The molecule has 2 aromatic rings. The number of carbonyl (C=O) groups is 2. The molecule has 2 aromatic carbocycles. The molecule has 8 nitrogen and oxygen atoms in total. The highest BCUT2D eigenvalue weighted by molar-refractivity contribution is 5.86. The zero-order valence-electron chi connectivity index (χ0n) is 18.7. The highest BCUT2D eigenvalue weighted by atomic mass is 16.5. The number of carboxylic acids is 2. The van der Waals surface area contributed by atoms with E-state index in [1.807, 2.05) is 0 Å². The number of methoxy groups -OCH3 is 2. The fourth-order valence-electron chi connectivity index (χ4n) is 2.89. The van der Waals surface area contributed by atoms with Crippen molar-refractivity contribution in [1.29, 1.82) is 0 Å². The third-order valence-electron chi connectivity index (χ3n) is 4.52. The molecule has 0 spiro atoms. The average molecular weight is 456 g/mol. The van der Waals surface area contributed by atoms with Gasteiger partial charge in [0.2, 0.25) is 0 Å². The van der Waals surface area contributed by atoms with Crippen LogP contribution in [0.15, 0.2) is 48.6 Å². The fraction of sp³-hybridized carbons (Fsp3) is 0.280. The van der Waals surface area contributed by atoms with Crippen LogP contribution in [-0.2, 0) is 9.59 Å². The van der Waals surface area contributed by atoms with Gasteiger partial charge < -0.3 is 29.2 Å². The zero-order valence-corrected chi connectivity index (χ0v) is 18.7. The third-order valence-corrected chi connectivity index (χ3v) is 4.52. The Morgan fingerprint density at radius 1 is 0.697 bits per heavy atom. The predicted octanol–water partition coefficient (Wildman–Crippen LogP) is 4.53. The van der Waals surface area contributed by atoms with Crippen LogP contribution < -0.4 is 18.9 Å². The first-order chi connectivity index (χ1) is 15.9. The van der Waals surface area contributed by atoms with Crippen LogP contribution in [-0.4, -0.2) is 49.6 Å². The van der Waals surface area contributed by atoms with E-state index in [1.165, 1.54) is 26.4 Å². The standard InChI is InChI=1S/C25H28O8/c1-30-22-16-18(8-12-24(26)27)6-10-20(22)32-14-4-3-5-15-33-21-11-7-19(9-13-25(28)29)17-23(21)31-2/h6-13,16-17H,3-5,14-15H2,1-2H3,(H,26,27)(H,28,29). The SMILES string of the molecule is COc1cc(C=CC(=O)O)ccc1OCCCCCOc1ccc(C=CC(=O)O)cc1OC. The maximum Gasteiger partial charge on any atom is 0.328 e. The third kappa shape index (κ3) is 8.98. The Morgan fingerprint density at radius 2 is 1.12 bits per heavy atom. The maximum atomic E-state index is 10.6. The molecule has 0 aliphatic heterocycles. The van der Waals surface area contributed by atoms with Gasteiger partial charge in [-0.2, -0.15) is 0 Å². The fourth-order valence-corrected chi connectivity index (χ4v) is 2.89. The smallest absolute Gasteiger partial charge is 0.328 e. The molecule has 33 heavy (non-hydrogen) atoms. The minimum absolute atomic E-state index is 0.509. The summed E-state index contributed by atoms with van der Waals surface area (Å²) in [7, 11) is 3.07. The van der Waals surface area contributed by atoms with Gasteiger partial charge in [-0.05, 0) is 66.8 Å². The van der Waals surface area contributed by atoms with Crippen molar-refractivity contribution in [2.45, 2.75) is 19.3 Å². The molecule has 0 unspecified atom stereocenters. The summed E-state index contributed by atoms with van der Waals surface area (Å²) in [5.41, 5.74) is 1.42. The van der Waals surface area contributed by atoms with Gasteiger partial charge in [0, 0.05) is 12.2 Å². The monoisotopic (exact) mass is 456 g/mol. The number of benzene rings is 2. The highest BCUT2D eigenvalue weighted by Gasteiger charge is 2.07. The first-order valence-electron chi connectivity index (χ1n) is 10.4. The molecule has 0 bridgehead atoms. The van der Waals surface area contributed by atoms with Crippen LogP contribution in [0, 0.1) is 0 Å². The van der Waals surface area contributed by atoms with E-state index in [4.69, 9.17) is 29.2 Å². The zero-order chi connectivity index (χ0) is 24.1. The van der Waals surface area contributed by atoms with Gasteiger partial charge in [-0.15, -0.1) is 0 Å². The van der Waals surface area contributed by atoms with Gasteiger partial charge >= 0.3 is 11.9 Å². The van der Waals surface area contributed by atoms with Crippen molar-refractivity contribution < 1.29 is 38.7 Å². The molecular weight excluding hydrogens is 428 g/mol. The Morgan fingerprint density at radius 3 is 1.48 bits per heavy atom. The van der Waals surface area contributed by atoms with E-state index in [2.05, 4.69) is 0 Å². The molecule has 0 aliphatic rings. The number of rotatable bonds is 14. The van der Waals surface area contributed by atoms with Crippen LogP contribution in [0.1, 0.15) is 30.4 Å². The lowest BCUT2D eigenvalue weighted by Crippen LogP contribution is -2.03. The molecule has 8 heteroatoms. The first-order valence-corrected chi connectivity index (χ1v) is 10.4. The molecule has 0 atom stereocenters. The van der Waals surface area contributed by atoms with Crippen molar-refractivity contribution >= 4 is 24.1 Å². The van der Waals surface area contributed by atoms with Gasteiger partial charge in [-0.3, -0.25) is 0 Å². The summed E-state index contributed by atoms with van der Waals surface area (Å²) in [5.74, 6) is 0.258. The van der Waals surface area contributed by atoms with Crippen LogP contribution in [0.4, 0.5) is 0 Å². The van der Waals surface area contributed by atoms with Crippen molar-refractivity contribution in [3.63, 3.8) is 0 Å². The molecule has 0 amide bonds. The summed E-state index contributed by atoms with van der Waals surface area (Å²) in [4.78, 5) is 21.3. The summed E-state index contributed by atoms with van der Waals surface area (Å²) in [5, 5.41) is 17.4. The minimum atomic E-state index is -1.01. The number of aliphatic carboxylic acids is 2. The number of carboxylic acid groups (broad SMARTS) is 2. The van der Waals surface area contributed by atoms with E-state index in [0.29, 0.717) is 47.3 Å². The van der Waals surface area contributed by atoms with E-state index in [9.17, 15) is 9.59 Å². The largest absolute Gasteiger partial charge is 0.493 e. The van der Waals surface area contributed by atoms with Gasteiger partial charge in [-0.25, -0.2) is 9.59 Å². The maximum absolute atomic E-state index is 10.6. The lowest BCUT2D eigenvalue weighted by molar-refractivity contribution is -0.132. The van der Waals surface area contributed by atoms with Crippen molar-refractivity contribution in [3.05, 3.63) is 59.7 Å². The Balaban J connectivity index is 1.75. The van der Waals surface area contributed by atoms with Gasteiger partial charge in [0.05, 0.1) is 27.4 Å². The molecule has 0 saturated heterocycles. The van der Waals surface area contributed by atoms with E-state index in [-0.39, 0.29) is 0 Å². The van der Waals surface area contributed by atoms with E-state index < -0.39 is 11.9 Å². The Hall–Kier alpha value is -3.94. The molecule has 0 fully saturated rings. The second-order valence-electron chi connectivity index (χ2n) is 6.92. The average Bonchev–Trinajstić information content (AvgIpc) is 2.81.